The van der Waals surface area contributed by atoms with E-state index in [1.54, 1.807) is 14.0 Å². The molecule has 94 valence electrons. The Balaban J connectivity index is 2.63. The zero-order chi connectivity index (χ0) is 12.8. The summed E-state index contributed by atoms with van der Waals surface area (Å²) in [6.45, 7) is 3.59. The first-order valence-corrected chi connectivity index (χ1v) is 6.25. The number of aryl methyl sites for hydroxylation is 2. The van der Waals surface area contributed by atoms with Gasteiger partial charge in [0.15, 0.2) is 0 Å². The predicted octanol–water partition coefficient (Wildman–Crippen LogP) is 3.96. The number of ketones is 1. The van der Waals surface area contributed by atoms with Crippen molar-refractivity contribution in [3.63, 3.8) is 0 Å². The number of carbonyl (C=O) groups excluding carboxylic acids is 1. The van der Waals surface area contributed by atoms with Crippen LogP contribution in [0.1, 0.15) is 37.3 Å². The number of unbranched alkanes of at least 4 members (excludes halogenated alkanes) is 1. The van der Waals surface area contributed by atoms with E-state index in [9.17, 15) is 4.79 Å². The van der Waals surface area contributed by atoms with E-state index >= 15 is 0 Å². The molecule has 0 aliphatic heterocycles. The van der Waals surface area contributed by atoms with Gasteiger partial charge in [-0.3, -0.25) is 0 Å². The summed E-state index contributed by atoms with van der Waals surface area (Å²) >= 11 is 6.10. The molecule has 2 nitrogen and oxygen atoms in total. The van der Waals surface area contributed by atoms with Crippen LogP contribution >= 0.6 is 11.6 Å². The minimum atomic E-state index is 0.249. The molecule has 0 bridgehead atoms. The Labute approximate surface area is 108 Å². The van der Waals surface area contributed by atoms with Gasteiger partial charge in [0.2, 0.25) is 0 Å². The summed E-state index contributed by atoms with van der Waals surface area (Å²) in [5.74, 6) is 1.13. The largest absolute Gasteiger partial charge is 0.496 e. The number of hydrogen-bond acceptors (Lipinski definition) is 2. The van der Waals surface area contributed by atoms with Crippen molar-refractivity contribution in [1.29, 1.82) is 0 Å². The van der Waals surface area contributed by atoms with Gasteiger partial charge in [-0.2, -0.15) is 0 Å². The zero-order valence-corrected chi connectivity index (χ0v) is 11.4. The molecular formula is C14H19ClO2. The van der Waals surface area contributed by atoms with Gasteiger partial charge in [0, 0.05) is 11.4 Å². The van der Waals surface area contributed by atoms with Crippen molar-refractivity contribution < 1.29 is 9.53 Å². The molecule has 0 aromatic heterocycles. The summed E-state index contributed by atoms with van der Waals surface area (Å²) in [6.07, 6.45) is 3.46. The fourth-order valence-corrected chi connectivity index (χ4v) is 1.96. The van der Waals surface area contributed by atoms with Gasteiger partial charge < -0.3 is 9.53 Å². The molecule has 1 rings (SSSR count). The Bertz CT molecular complexity index is 399. The van der Waals surface area contributed by atoms with Gasteiger partial charge in [0.1, 0.15) is 11.5 Å². The van der Waals surface area contributed by atoms with E-state index < -0.39 is 0 Å². The fraction of sp³-hybridized carbons (Fsp3) is 0.500. The third-order valence-corrected chi connectivity index (χ3v) is 3.19. The third kappa shape index (κ3) is 4.39. The fourth-order valence-electron chi connectivity index (χ4n) is 1.77. The average molecular weight is 255 g/mol. The molecule has 17 heavy (non-hydrogen) atoms. The van der Waals surface area contributed by atoms with E-state index in [0.29, 0.717) is 6.42 Å². The molecule has 0 atom stereocenters. The van der Waals surface area contributed by atoms with Crippen LogP contribution in [0, 0.1) is 6.92 Å². The quantitative estimate of drug-likeness (QED) is 0.719. The van der Waals surface area contributed by atoms with E-state index in [4.69, 9.17) is 16.3 Å². The van der Waals surface area contributed by atoms with Gasteiger partial charge in [-0.15, -0.1) is 0 Å². The number of ether oxygens (including phenoxy) is 1. The normalized spacial score (nSPS) is 10.4. The number of carbonyl (C=O) groups is 1. The molecule has 0 N–H and O–H groups in total. The Morgan fingerprint density at radius 2 is 2.06 bits per heavy atom. The maximum absolute atomic E-state index is 10.8. The maximum Gasteiger partial charge on any atom is 0.129 e. The first-order valence-electron chi connectivity index (χ1n) is 5.87. The number of methoxy groups -OCH3 is 1. The smallest absolute Gasteiger partial charge is 0.129 e. The van der Waals surface area contributed by atoms with Gasteiger partial charge in [-0.25, -0.2) is 0 Å². The van der Waals surface area contributed by atoms with Crippen molar-refractivity contribution in [2.45, 2.75) is 39.5 Å². The summed E-state index contributed by atoms with van der Waals surface area (Å²) in [6, 6.07) is 3.92. The molecule has 0 fully saturated rings. The monoisotopic (exact) mass is 254 g/mol. The molecule has 0 saturated heterocycles. The second kappa shape index (κ2) is 6.65. The Hall–Kier alpha value is -1.02. The second-order valence-electron chi connectivity index (χ2n) is 4.32. The van der Waals surface area contributed by atoms with Crippen molar-refractivity contribution in [3.8, 4) is 5.75 Å². The Morgan fingerprint density at radius 1 is 1.35 bits per heavy atom. The van der Waals surface area contributed by atoms with E-state index in [0.717, 1.165) is 41.2 Å². The van der Waals surface area contributed by atoms with Gasteiger partial charge in [-0.1, -0.05) is 11.6 Å². The van der Waals surface area contributed by atoms with E-state index in [-0.39, 0.29) is 5.78 Å². The molecule has 1 aromatic carbocycles. The highest BCUT2D eigenvalue weighted by molar-refractivity contribution is 6.31. The van der Waals surface area contributed by atoms with Gasteiger partial charge in [-0.05, 0) is 56.4 Å². The lowest BCUT2D eigenvalue weighted by molar-refractivity contribution is -0.117. The highest BCUT2D eigenvalue weighted by Gasteiger charge is 2.07. The highest BCUT2D eigenvalue weighted by Crippen LogP contribution is 2.27. The first-order chi connectivity index (χ1) is 8.04. The molecule has 0 heterocycles. The molecule has 0 unspecified atom stereocenters. The Kier molecular flexibility index (Phi) is 5.49. The lowest BCUT2D eigenvalue weighted by atomic mass is 10.0. The van der Waals surface area contributed by atoms with Gasteiger partial charge in [0.05, 0.1) is 7.11 Å². The number of halogens is 1. The Morgan fingerprint density at radius 3 is 2.65 bits per heavy atom. The summed E-state index contributed by atoms with van der Waals surface area (Å²) < 4.78 is 5.33. The molecule has 0 aliphatic carbocycles. The van der Waals surface area contributed by atoms with Gasteiger partial charge >= 0.3 is 0 Å². The molecule has 0 spiro atoms. The first kappa shape index (κ1) is 14.0. The average Bonchev–Trinajstić information content (AvgIpc) is 2.28. The molecular weight excluding hydrogens is 236 g/mol. The SMILES string of the molecule is COc1cc(C)c(Cl)cc1CCCCC(C)=O. The van der Waals surface area contributed by atoms with E-state index in [1.807, 2.05) is 19.1 Å². The molecule has 0 radical (unpaired) electrons. The predicted molar refractivity (Wildman–Crippen MR) is 71.0 cm³/mol. The zero-order valence-electron chi connectivity index (χ0n) is 10.7. The van der Waals surface area contributed by atoms with Crippen LogP contribution in [0.3, 0.4) is 0 Å². The minimum absolute atomic E-state index is 0.249. The van der Waals surface area contributed by atoms with Crippen molar-refractivity contribution in [2.24, 2.45) is 0 Å². The molecule has 0 saturated carbocycles. The van der Waals surface area contributed by atoms with Crippen molar-refractivity contribution >= 4 is 17.4 Å². The summed E-state index contributed by atoms with van der Waals surface area (Å²) in [4.78, 5) is 10.8. The van der Waals surface area contributed by atoms with Crippen LogP contribution < -0.4 is 4.74 Å². The summed E-state index contributed by atoms with van der Waals surface area (Å²) in [5.41, 5.74) is 2.14. The molecule has 1 aromatic rings. The van der Waals surface area contributed by atoms with Crippen LogP contribution in [0.25, 0.3) is 0 Å². The number of Topliss-reactive ketones (excluding diaryl/α,β-unsaturated/α-hetero) is 1. The molecule has 3 heteroatoms. The van der Waals surface area contributed by atoms with Crippen LogP contribution in [0.2, 0.25) is 5.02 Å². The van der Waals surface area contributed by atoms with Crippen LogP contribution in [0.15, 0.2) is 12.1 Å². The topological polar surface area (TPSA) is 26.3 Å². The highest BCUT2D eigenvalue weighted by atomic mass is 35.5. The number of rotatable bonds is 6. The molecule has 0 aliphatic rings. The lowest BCUT2D eigenvalue weighted by Crippen LogP contribution is -1.96. The van der Waals surface area contributed by atoms with Crippen molar-refractivity contribution in [2.75, 3.05) is 7.11 Å². The summed E-state index contributed by atoms with van der Waals surface area (Å²) in [7, 11) is 1.67. The van der Waals surface area contributed by atoms with E-state index in [1.165, 1.54) is 0 Å². The van der Waals surface area contributed by atoms with Gasteiger partial charge in [0.25, 0.3) is 0 Å². The third-order valence-electron chi connectivity index (χ3n) is 2.79. The number of benzene rings is 1. The van der Waals surface area contributed by atoms with Crippen molar-refractivity contribution in [1.82, 2.24) is 0 Å². The standard InChI is InChI=1S/C14H19ClO2/c1-10-8-14(17-3)12(9-13(10)15)7-5-4-6-11(2)16/h8-9H,4-7H2,1-3H3. The van der Waals surface area contributed by atoms with Crippen molar-refractivity contribution in [3.05, 3.63) is 28.3 Å². The van der Waals surface area contributed by atoms with Crippen LogP contribution in [0.5, 0.6) is 5.75 Å². The minimum Gasteiger partial charge on any atom is -0.496 e. The second-order valence-corrected chi connectivity index (χ2v) is 4.73. The lowest BCUT2D eigenvalue weighted by Gasteiger charge is -2.10. The van der Waals surface area contributed by atoms with Crippen LogP contribution in [-0.2, 0) is 11.2 Å². The van der Waals surface area contributed by atoms with Crippen LogP contribution in [-0.4, -0.2) is 12.9 Å². The summed E-state index contributed by atoms with van der Waals surface area (Å²) in [5, 5.41) is 0.771. The van der Waals surface area contributed by atoms with Crippen LogP contribution in [0.4, 0.5) is 0 Å². The number of hydrogen-bond donors (Lipinski definition) is 0. The molecule has 0 amide bonds. The maximum atomic E-state index is 10.8. The van der Waals surface area contributed by atoms with E-state index in [2.05, 4.69) is 0 Å².